The zero-order valence-electron chi connectivity index (χ0n) is 17.6. The Morgan fingerprint density at radius 1 is 1.16 bits per heavy atom. The molecule has 0 saturated carbocycles. The molecule has 1 aliphatic rings. The van der Waals surface area contributed by atoms with Crippen LogP contribution in [0.1, 0.15) is 47.4 Å². The van der Waals surface area contributed by atoms with Crippen LogP contribution in [-0.2, 0) is 10.0 Å². The van der Waals surface area contributed by atoms with E-state index in [0.29, 0.717) is 18.8 Å². The number of nitrogens with zero attached hydrogens (tertiary/aromatic N) is 1. The molecule has 1 fully saturated rings. The van der Waals surface area contributed by atoms with Crippen LogP contribution < -0.4 is 9.47 Å². The lowest BCUT2D eigenvalue weighted by molar-refractivity contribution is 0.0732. The van der Waals surface area contributed by atoms with Crippen LogP contribution in [0.4, 0.5) is 0 Å². The van der Waals surface area contributed by atoms with Gasteiger partial charge in [0.15, 0.2) is 5.78 Å². The van der Waals surface area contributed by atoms with E-state index < -0.39 is 16.0 Å². The molecule has 1 atom stereocenters. The molecule has 0 bridgehead atoms. The Bertz CT molecular complexity index is 1110. The van der Waals surface area contributed by atoms with Crippen molar-refractivity contribution in [3.63, 3.8) is 0 Å². The Morgan fingerprint density at radius 3 is 2.55 bits per heavy atom. The minimum atomic E-state index is -3.87. The van der Waals surface area contributed by atoms with Gasteiger partial charge in [-0.05, 0) is 56.0 Å². The molecule has 2 aromatic rings. The first-order chi connectivity index (χ1) is 14.6. The van der Waals surface area contributed by atoms with Gasteiger partial charge in [0.25, 0.3) is 0 Å². The largest absolute Gasteiger partial charge is 0.497 e. The van der Waals surface area contributed by atoms with E-state index in [-0.39, 0.29) is 38.5 Å². The van der Waals surface area contributed by atoms with Gasteiger partial charge < -0.3 is 9.47 Å². The van der Waals surface area contributed by atoms with Crippen molar-refractivity contribution < 1.29 is 27.5 Å². The summed E-state index contributed by atoms with van der Waals surface area (Å²) in [4.78, 5) is 24.5. The summed E-state index contributed by atoms with van der Waals surface area (Å²) in [6.07, 6.45) is 1.73. The number of halogens is 1. The van der Waals surface area contributed by atoms with Gasteiger partial charge in [0, 0.05) is 19.2 Å². The van der Waals surface area contributed by atoms with Gasteiger partial charge in [0.1, 0.15) is 16.4 Å². The smallest absolute Gasteiger partial charge is 0.343 e. The summed E-state index contributed by atoms with van der Waals surface area (Å²) in [6.45, 7) is 4.16. The van der Waals surface area contributed by atoms with Crippen molar-refractivity contribution in [2.24, 2.45) is 5.92 Å². The maximum Gasteiger partial charge on any atom is 0.343 e. The number of methoxy groups -OCH3 is 1. The second kappa shape index (κ2) is 9.38. The molecule has 166 valence electrons. The molecule has 31 heavy (non-hydrogen) atoms. The van der Waals surface area contributed by atoms with Gasteiger partial charge in [-0.3, -0.25) is 4.79 Å². The lowest BCUT2D eigenvalue weighted by atomic mass is 10.0. The number of sulfonamides is 1. The van der Waals surface area contributed by atoms with Crippen LogP contribution in [0, 0.1) is 5.92 Å². The molecule has 1 aliphatic heterocycles. The lowest BCUT2D eigenvalue weighted by Crippen LogP contribution is -2.39. The number of rotatable bonds is 6. The van der Waals surface area contributed by atoms with Crippen LogP contribution >= 0.6 is 11.6 Å². The molecule has 0 spiro atoms. The molecule has 0 N–H and O–H groups in total. The van der Waals surface area contributed by atoms with E-state index in [0.717, 1.165) is 12.8 Å². The molecular weight excluding hydrogens is 442 g/mol. The monoisotopic (exact) mass is 465 g/mol. The summed E-state index contributed by atoms with van der Waals surface area (Å²) in [5, 5.41) is 0.0283. The SMILES string of the molecule is COc1ccc(C(C)=O)c(OC(=O)c2ccc(Cl)c(S(=O)(=O)N3CCC[C@H](C)C3)c2)c1. The number of carbonyl (C=O) groups is 2. The summed E-state index contributed by atoms with van der Waals surface area (Å²) >= 11 is 6.19. The minimum Gasteiger partial charge on any atom is -0.497 e. The van der Waals surface area contributed by atoms with Gasteiger partial charge in [0.05, 0.1) is 23.3 Å². The molecular formula is C22H24ClNO6S. The maximum atomic E-state index is 13.1. The van der Waals surface area contributed by atoms with Crippen molar-refractivity contribution in [1.82, 2.24) is 4.31 Å². The standard InChI is InChI=1S/C22H24ClNO6S/c1-14-5-4-10-24(13-14)31(27,28)21-11-16(6-9-19(21)23)22(26)30-20-12-17(29-3)7-8-18(20)15(2)25/h6-9,11-12,14H,4-5,10,13H2,1-3H3/t14-/m0/s1. The van der Waals surface area contributed by atoms with Crippen molar-refractivity contribution in [3.05, 3.63) is 52.5 Å². The molecule has 0 aromatic heterocycles. The van der Waals surface area contributed by atoms with Crippen LogP contribution in [0.5, 0.6) is 11.5 Å². The van der Waals surface area contributed by atoms with Gasteiger partial charge in [-0.15, -0.1) is 0 Å². The van der Waals surface area contributed by atoms with E-state index >= 15 is 0 Å². The first-order valence-corrected chi connectivity index (χ1v) is 11.7. The fourth-order valence-electron chi connectivity index (χ4n) is 3.50. The summed E-state index contributed by atoms with van der Waals surface area (Å²) in [5.74, 6) is -0.416. The van der Waals surface area contributed by atoms with Gasteiger partial charge in [-0.1, -0.05) is 18.5 Å². The first kappa shape index (κ1) is 23.2. The molecule has 1 heterocycles. The predicted molar refractivity (Wildman–Crippen MR) is 117 cm³/mol. The Morgan fingerprint density at radius 2 is 1.90 bits per heavy atom. The fourth-order valence-corrected chi connectivity index (χ4v) is 5.59. The summed E-state index contributed by atoms with van der Waals surface area (Å²) in [6, 6.07) is 8.47. The average Bonchev–Trinajstić information content (AvgIpc) is 2.73. The van der Waals surface area contributed by atoms with Gasteiger partial charge in [-0.25, -0.2) is 13.2 Å². The lowest BCUT2D eigenvalue weighted by Gasteiger charge is -2.30. The van der Waals surface area contributed by atoms with E-state index in [1.54, 1.807) is 6.07 Å². The number of piperidine rings is 1. The van der Waals surface area contributed by atoms with Crippen LogP contribution in [0.3, 0.4) is 0 Å². The second-order valence-electron chi connectivity index (χ2n) is 7.56. The van der Waals surface area contributed by atoms with E-state index in [1.165, 1.54) is 48.7 Å². The highest BCUT2D eigenvalue weighted by Gasteiger charge is 2.31. The number of ketones is 1. The van der Waals surface area contributed by atoms with E-state index in [4.69, 9.17) is 21.1 Å². The Balaban J connectivity index is 1.93. The number of hydrogen-bond acceptors (Lipinski definition) is 6. The normalized spacial score (nSPS) is 17.2. The molecule has 0 amide bonds. The maximum absolute atomic E-state index is 13.1. The van der Waals surface area contributed by atoms with Crippen molar-refractivity contribution >= 4 is 33.4 Å². The highest BCUT2D eigenvalue weighted by atomic mass is 35.5. The quantitative estimate of drug-likeness (QED) is 0.361. The molecule has 3 rings (SSSR count). The summed E-state index contributed by atoms with van der Waals surface area (Å²) < 4.78 is 38.2. The van der Waals surface area contributed by atoms with Crippen molar-refractivity contribution in [2.45, 2.75) is 31.6 Å². The third-order valence-electron chi connectivity index (χ3n) is 5.18. The van der Waals surface area contributed by atoms with Gasteiger partial charge >= 0.3 is 5.97 Å². The number of carbonyl (C=O) groups excluding carboxylic acids is 2. The number of esters is 1. The van der Waals surface area contributed by atoms with Crippen LogP contribution in [0.2, 0.25) is 5.02 Å². The Hall–Kier alpha value is -2.42. The molecule has 0 aliphatic carbocycles. The topological polar surface area (TPSA) is 90.0 Å². The first-order valence-electron chi connectivity index (χ1n) is 9.84. The number of Topliss-reactive ketones (excluding diaryl/α,β-unsaturated/α-hetero) is 1. The molecule has 1 saturated heterocycles. The van der Waals surface area contributed by atoms with Gasteiger partial charge in [-0.2, -0.15) is 4.31 Å². The van der Waals surface area contributed by atoms with E-state index in [1.807, 2.05) is 6.92 Å². The highest BCUT2D eigenvalue weighted by molar-refractivity contribution is 7.89. The number of hydrogen-bond donors (Lipinski definition) is 0. The molecule has 9 heteroatoms. The third kappa shape index (κ3) is 5.08. The molecule has 2 aromatic carbocycles. The van der Waals surface area contributed by atoms with Crippen LogP contribution in [0.25, 0.3) is 0 Å². The van der Waals surface area contributed by atoms with E-state index in [2.05, 4.69) is 0 Å². The van der Waals surface area contributed by atoms with E-state index in [9.17, 15) is 18.0 Å². The van der Waals surface area contributed by atoms with Crippen LogP contribution in [-0.4, -0.2) is 44.7 Å². The zero-order chi connectivity index (χ0) is 22.8. The van der Waals surface area contributed by atoms with Crippen molar-refractivity contribution in [2.75, 3.05) is 20.2 Å². The average molecular weight is 466 g/mol. The zero-order valence-corrected chi connectivity index (χ0v) is 19.1. The molecule has 0 radical (unpaired) electrons. The van der Waals surface area contributed by atoms with Crippen molar-refractivity contribution in [1.29, 1.82) is 0 Å². The third-order valence-corrected chi connectivity index (χ3v) is 7.52. The highest BCUT2D eigenvalue weighted by Crippen LogP contribution is 2.30. The van der Waals surface area contributed by atoms with Gasteiger partial charge in [0.2, 0.25) is 10.0 Å². The minimum absolute atomic E-state index is 0.00496. The molecule has 7 nitrogen and oxygen atoms in total. The number of benzene rings is 2. The van der Waals surface area contributed by atoms with Crippen LogP contribution in [0.15, 0.2) is 41.3 Å². The Labute approximate surface area is 187 Å². The molecule has 0 unspecified atom stereocenters. The Kier molecular flexibility index (Phi) is 7.03. The summed E-state index contributed by atoms with van der Waals surface area (Å²) in [5.41, 5.74) is 0.212. The number of ether oxygens (including phenoxy) is 2. The van der Waals surface area contributed by atoms with Crippen molar-refractivity contribution in [3.8, 4) is 11.5 Å². The summed E-state index contributed by atoms with van der Waals surface area (Å²) in [7, 11) is -2.42. The fraction of sp³-hybridized carbons (Fsp3) is 0.364. The predicted octanol–water partition coefficient (Wildman–Crippen LogP) is 4.19. The second-order valence-corrected chi connectivity index (χ2v) is 9.88.